The van der Waals surface area contributed by atoms with Crippen molar-refractivity contribution in [1.82, 2.24) is 0 Å². The smallest absolute Gasteiger partial charge is 0.270 e. The van der Waals surface area contributed by atoms with Crippen LogP contribution < -0.4 is 5.73 Å². The molecule has 0 spiro atoms. The van der Waals surface area contributed by atoms with Gasteiger partial charge in [0.2, 0.25) is 0 Å². The zero-order valence-electron chi connectivity index (χ0n) is 7.15. The van der Waals surface area contributed by atoms with Crippen LogP contribution in [-0.2, 0) is 12.5 Å². The molecule has 1 rings (SSSR count). The molecule has 0 aliphatic rings. The maximum Gasteiger partial charge on any atom is 0.270 e. The van der Waals surface area contributed by atoms with Gasteiger partial charge in [-0.1, -0.05) is 6.07 Å². The highest BCUT2D eigenvalue weighted by Crippen LogP contribution is 2.27. The molecule has 0 heterocycles. The molecule has 1 nitrogen and oxygen atoms in total. The van der Waals surface area contributed by atoms with Crippen LogP contribution in [0.1, 0.15) is 18.1 Å². The van der Waals surface area contributed by atoms with E-state index in [0.717, 1.165) is 25.1 Å². The quantitative estimate of drug-likeness (QED) is 0.759. The van der Waals surface area contributed by atoms with E-state index in [1.807, 2.05) is 0 Å². The first-order valence-electron chi connectivity index (χ1n) is 3.82. The Labute approximate surface area is 74.4 Å². The molecule has 0 saturated heterocycles. The maximum atomic E-state index is 12.8. The van der Waals surface area contributed by atoms with Gasteiger partial charge in [-0.25, -0.2) is 13.2 Å². The Morgan fingerprint density at radius 1 is 1.38 bits per heavy atom. The summed E-state index contributed by atoms with van der Waals surface area (Å²) in [7, 11) is 0. The number of hydrogen-bond acceptors (Lipinski definition) is 1. The molecule has 0 unspecified atom stereocenters. The normalized spacial score (nSPS) is 11.8. The Balaban J connectivity index is 3.14. The molecule has 0 aliphatic heterocycles. The van der Waals surface area contributed by atoms with E-state index in [-0.39, 0.29) is 17.7 Å². The highest BCUT2D eigenvalue weighted by Gasteiger charge is 2.24. The summed E-state index contributed by atoms with van der Waals surface area (Å²) >= 11 is 0. The third-order valence-corrected chi connectivity index (χ3v) is 1.77. The Morgan fingerprint density at radius 2 is 2.00 bits per heavy atom. The highest BCUT2D eigenvalue weighted by atomic mass is 19.3. The van der Waals surface area contributed by atoms with Gasteiger partial charge in [0.1, 0.15) is 5.82 Å². The topological polar surface area (TPSA) is 26.0 Å². The molecule has 4 heteroatoms. The van der Waals surface area contributed by atoms with Crippen molar-refractivity contribution in [2.75, 3.05) is 0 Å². The summed E-state index contributed by atoms with van der Waals surface area (Å²) in [5.41, 5.74) is 5.07. The van der Waals surface area contributed by atoms with E-state index in [4.69, 9.17) is 5.73 Å². The van der Waals surface area contributed by atoms with Crippen molar-refractivity contribution < 1.29 is 13.2 Å². The second kappa shape index (κ2) is 3.38. The summed E-state index contributed by atoms with van der Waals surface area (Å²) in [5.74, 6) is -3.49. The Morgan fingerprint density at radius 3 is 2.46 bits per heavy atom. The summed E-state index contributed by atoms with van der Waals surface area (Å²) in [6, 6.07) is 3.17. The minimum Gasteiger partial charge on any atom is -0.326 e. The van der Waals surface area contributed by atoms with Crippen LogP contribution in [0.15, 0.2) is 18.2 Å². The monoisotopic (exact) mass is 189 g/mol. The number of nitrogens with two attached hydrogens (primary N) is 1. The molecule has 1 aromatic carbocycles. The Hall–Kier alpha value is -1.03. The second-order valence-electron chi connectivity index (χ2n) is 2.90. The fraction of sp³-hybridized carbons (Fsp3) is 0.333. The largest absolute Gasteiger partial charge is 0.326 e. The number of hydrogen-bond donors (Lipinski definition) is 1. The lowest BCUT2D eigenvalue weighted by atomic mass is 10.1. The first kappa shape index (κ1) is 10.1. The molecule has 0 saturated carbocycles. The Bertz CT molecular complexity index is 304. The average Bonchev–Trinajstić information content (AvgIpc) is 2.03. The number of benzene rings is 1. The predicted octanol–water partition coefficient (Wildman–Crippen LogP) is 2.40. The minimum atomic E-state index is -2.95. The lowest BCUT2D eigenvalue weighted by Crippen LogP contribution is -2.09. The first-order valence-corrected chi connectivity index (χ1v) is 3.82. The van der Waals surface area contributed by atoms with Crippen LogP contribution in [0.2, 0.25) is 0 Å². The minimum absolute atomic E-state index is 0.0737. The summed E-state index contributed by atoms with van der Waals surface area (Å²) in [5, 5.41) is 0. The molecule has 0 amide bonds. The van der Waals surface area contributed by atoms with Crippen molar-refractivity contribution in [3.63, 3.8) is 0 Å². The van der Waals surface area contributed by atoms with Gasteiger partial charge in [-0.3, -0.25) is 0 Å². The maximum absolute atomic E-state index is 12.8. The molecule has 0 radical (unpaired) electrons. The standard InChI is InChI=1S/C9H10F3N/c1-9(11,12)7-2-3-8(10)6(4-7)5-13/h2-4H,5,13H2,1H3. The van der Waals surface area contributed by atoms with E-state index in [0.29, 0.717) is 0 Å². The third-order valence-electron chi connectivity index (χ3n) is 1.77. The third kappa shape index (κ3) is 2.21. The molecule has 0 bridgehead atoms. The van der Waals surface area contributed by atoms with Gasteiger partial charge in [-0.15, -0.1) is 0 Å². The molecule has 0 atom stereocenters. The summed E-state index contributed by atoms with van der Waals surface area (Å²) < 4.78 is 38.3. The van der Waals surface area contributed by atoms with Gasteiger partial charge in [-0.2, -0.15) is 0 Å². The zero-order valence-corrected chi connectivity index (χ0v) is 7.15. The number of halogens is 3. The van der Waals surface area contributed by atoms with Gasteiger partial charge < -0.3 is 5.73 Å². The zero-order chi connectivity index (χ0) is 10.1. The predicted molar refractivity (Wildman–Crippen MR) is 43.9 cm³/mol. The molecule has 0 aliphatic carbocycles. The fourth-order valence-corrected chi connectivity index (χ4v) is 1.00. The highest BCUT2D eigenvalue weighted by molar-refractivity contribution is 5.27. The molecular formula is C9H10F3N. The molecular weight excluding hydrogens is 179 g/mol. The SMILES string of the molecule is CC(F)(F)c1ccc(F)c(CN)c1. The fourth-order valence-electron chi connectivity index (χ4n) is 1.00. The van der Waals surface area contributed by atoms with Crippen molar-refractivity contribution >= 4 is 0 Å². The number of alkyl halides is 2. The summed E-state index contributed by atoms with van der Waals surface area (Å²) in [6.07, 6.45) is 0. The van der Waals surface area contributed by atoms with E-state index >= 15 is 0 Å². The first-order chi connectivity index (χ1) is 5.95. The second-order valence-corrected chi connectivity index (χ2v) is 2.90. The van der Waals surface area contributed by atoms with E-state index < -0.39 is 11.7 Å². The molecule has 13 heavy (non-hydrogen) atoms. The number of rotatable bonds is 2. The van der Waals surface area contributed by atoms with Crippen molar-refractivity contribution in [1.29, 1.82) is 0 Å². The van der Waals surface area contributed by atoms with Gasteiger partial charge in [0.15, 0.2) is 0 Å². The van der Waals surface area contributed by atoms with Crippen LogP contribution in [0.3, 0.4) is 0 Å². The lowest BCUT2D eigenvalue weighted by molar-refractivity contribution is 0.0173. The average molecular weight is 189 g/mol. The molecule has 1 aromatic rings. The molecule has 0 aromatic heterocycles. The van der Waals surface area contributed by atoms with Crippen molar-refractivity contribution in [2.45, 2.75) is 19.4 Å². The van der Waals surface area contributed by atoms with E-state index in [2.05, 4.69) is 0 Å². The Kier molecular flexibility index (Phi) is 2.61. The van der Waals surface area contributed by atoms with Gasteiger partial charge in [-0.05, 0) is 12.1 Å². The van der Waals surface area contributed by atoms with Gasteiger partial charge in [0.05, 0.1) is 0 Å². The van der Waals surface area contributed by atoms with E-state index in [1.165, 1.54) is 0 Å². The van der Waals surface area contributed by atoms with Crippen molar-refractivity contribution in [2.24, 2.45) is 5.73 Å². The van der Waals surface area contributed by atoms with E-state index in [9.17, 15) is 13.2 Å². The van der Waals surface area contributed by atoms with Crippen LogP contribution in [0.5, 0.6) is 0 Å². The summed E-state index contributed by atoms with van der Waals surface area (Å²) in [6.45, 7) is 0.691. The van der Waals surface area contributed by atoms with Crippen molar-refractivity contribution in [3.05, 3.63) is 35.1 Å². The molecule has 72 valence electrons. The summed E-state index contributed by atoms with van der Waals surface area (Å²) in [4.78, 5) is 0. The van der Waals surface area contributed by atoms with Crippen LogP contribution in [0, 0.1) is 5.82 Å². The van der Waals surface area contributed by atoms with Crippen LogP contribution in [0.25, 0.3) is 0 Å². The van der Waals surface area contributed by atoms with Crippen LogP contribution in [-0.4, -0.2) is 0 Å². The van der Waals surface area contributed by atoms with Gasteiger partial charge in [0.25, 0.3) is 5.92 Å². The lowest BCUT2D eigenvalue weighted by Gasteiger charge is -2.11. The van der Waals surface area contributed by atoms with Crippen molar-refractivity contribution in [3.8, 4) is 0 Å². The molecule has 2 N–H and O–H groups in total. The van der Waals surface area contributed by atoms with Gasteiger partial charge >= 0.3 is 0 Å². The van der Waals surface area contributed by atoms with Crippen LogP contribution >= 0.6 is 0 Å². The van der Waals surface area contributed by atoms with Gasteiger partial charge in [0, 0.05) is 24.6 Å². The van der Waals surface area contributed by atoms with Crippen LogP contribution in [0.4, 0.5) is 13.2 Å². The van der Waals surface area contributed by atoms with E-state index in [1.54, 1.807) is 0 Å². The molecule has 0 fully saturated rings.